The molecule has 0 saturated heterocycles. The average molecular weight is 558 g/mol. The quantitative estimate of drug-likeness (QED) is 0.377. The van der Waals surface area contributed by atoms with Crippen LogP contribution in [0.3, 0.4) is 0 Å². The first-order valence-corrected chi connectivity index (χ1v) is 13.9. The summed E-state index contributed by atoms with van der Waals surface area (Å²) in [5, 5.41) is 3.15. The van der Waals surface area contributed by atoms with Gasteiger partial charge in [0.25, 0.3) is 10.0 Å². The Morgan fingerprint density at radius 3 is 2.11 bits per heavy atom. The van der Waals surface area contributed by atoms with Gasteiger partial charge in [-0.2, -0.15) is 0 Å². The van der Waals surface area contributed by atoms with E-state index >= 15 is 0 Å². The third-order valence-electron chi connectivity index (χ3n) is 6.15. The smallest absolute Gasteiger partial charge is 0.264 e. The van der Waals surface area contributed by atoms with Crippen LogP contribution in [0.2, 0.25) is 5.02 Å². The largest absolute Gasteiger partial charge is 0.497 e. The number of nitrogens with zero attached hydrogens (tertiary/aromatic N) is 2. The lowest BCUT2D eigenvalue weighted by molar-refractivity contribution is -0.140. The molecule has 0 saturated carbocycles. The molecule has 2 amide bonds. The van der Waals surface area contributed by atoms with Gasteiger partial charge in [0.1, 0.15) is 18.3 Å². The number of rotatable bonds is 11. The molecule has 0 fully saturated rings. The van der Waals surface area contributed by atoms with Crippen molar-refractivity contribution in [1.29, 1.82) is 0 Å². The van der Waals surface area contributed by atoms with Crippen LogP contribution in [0, 0.1) is 6.92 Å². The molecule has 0 bridgehead atoms. The number of methoxy groups -OCH3 is 1. The van der Waals surface area contributed by atoms with E-state index in [2.05, 4.69) is 5.32 Å². The highest BCUT2D eigenvalue weighted by Crippen LogP contribution is 2.26. The fourth-order valence-electron chi connectivity index (χ4n) is 3.99. The highest BCUT2D eigenvalue weighted by molar-refractivity contribution is 7.92. The molecular weight excluding hydrogens is 526 g/mol. The Morgan fingerprint density at radius 1 is 0.974 bits per heavy atom. The third kappa shape index (κ3) is 6.85. The van der Waals surface area contributed by atoms with Crippen molar-refractivity contribution in [2.24, 2.45) is 0 Å². The molecule has 0 aliphatic carbocycles. The Bertz CT molecular complexity index is 1340. The average Bonchev–Trinajstić information content (AvgIpc) is 2.92. The van der Waals surface area contributed by atoms with Gasteiger partial charge in [0, 0.05) is 18.6 Å². The summed E-state index contributed by atoms with van der Waals surface area (Å²) in [6.45, 7) is 3.29. The third-order valence-corrected chi connectivity index (χ3v) is 8.19. The summed E-state index contributed by atoms with van der Waals surface area (Å²) >= 11 is 6.02. The highest BCUT2D eigenvalue weighted by Gasteiger charge is 2.33. The van der Waals surface area contributed by atoms with E-state index in [0.29, 0.717) is 22.9 Å². The van der Waals surface area contributed by atoms with Crippen LogP contribution in [-0.4, -0.2) is 51.9 Å². The standard InChI is InChI=1S/C28H32ClN3O5S/c1-5-26(28(34)30-3)31(18-21-8-10-22(29)11-9-21)27(33)19-32(23-12-6-20(2)7-13-23)38(35,36)25-16-14-24(37-4)15-17-25/h6-17,26H,5,18-19H2,1-4H3,(H,30,34). The number of hydrogen-bond donors (Lipinski definition) is 1. The van der Waals surface area contributed by atoms with Gasteiger partial charge in [-0.15, -0.1) is 0 Å². The summed E-state index contributed by atoms with van der Waals surface area (Å²) in [4.78, 5) is 28.0. The molecule has 38 heavy (non-hydrogen) atoms. The molecule has 0 heterocycles. The Kier molecular flexibility index (Phi) is 9.77. The van der Waals surface area contributed by atoms with Crippen LogP contribution in [0.5, 0.6) is 5.75 Å². The van der Waals surface area contributed by atoms with Crippen molar-refractivity contribution < 1.29 is 22.7 Å². The minimum Gasteiger partial charge on any atom is -0.497 e. The zero-order chi connectivity index (χ0) is 27.9. The number of aryl methyl sites for hydroxylation is 1. The van der Waals surface area contributed by atoms with Crippen molar-refractivity contribution in [3.8, 4) is 5.75 Å². The van der Waals surface area contributed by atoms with Crippen LogP contribution in [0.1, 0.15) is 24.5 Å². The summed E-state index contributed by atoms with van der Waals surface area (Å²) in [6.07, 6.45) is 0.342. The predicted molar refractivity (Wildman–Crippen MR) is 149 cm³/mol. The van der Waals surface area contributed by atoms with Crippen molar-refractivity contribution in [3.05, 3.63) is 88.9 Å². The monoisotopic (exact) mass is 557 g/mol. The van der Waals surface area contributed by atoms with Crippen LogP contribution in [0.25, 0.3) is 0 Å². The second-order valence-corrected chi connectivity index (χ2v) is 11.0. The van der Waals surface area contributed by atoms with E-state index in [9.17, 15) is 18.0 Å². The summed E-state index contributed by atoms with van der Waals surface area (Å²) in [5.41, 5.74) is 2.03. The van der Waals surface area contributed by atoms with E-state index in [0.717, 1.165) is 15.4 Å². The van der Waals surface area contributed by atoms with Crippen molar-refractivity contribution in [3.63, 3.8) is 0 Å². The lowest BCUT2D eigenvalue weighted by Crippen LogP contribution is -2.51. The van der Waals surface area contributed by atoms with Crippen LogP contribution in [0.4, 0.5) is 5.69 Å². The molecule has 1 N–H and O–H groups in total. The SMILES string of the molecule is CCC(C(=O)NC)N(Cc1ccc(Cl)cc1)C(=O)CN(c1ccc(C)cc1)S(=O)(=O)c1ccc(OC)cc1. The first-order valence-electron chi connectivity index (χ1n) is 12.1. The van der Waals surface area contributed by atoms with Crippen molar-refractivity contribution in [1.82, 2.24) is 10.2 Å². The number of hydrogen-bond acceptors (Lipinski definition) is 5. The number of ether oxygens (including phenoxy) is 1. The van der Waals surface area contributed by atoms with Gasteiger partial charge in [-0.05, 0) is 67.4 Å². The molecule has 3 rings (SSSR count). The Morgan fingerprint density at radius 2 is 1.58 bits per heavy atom. The minimum absolute atomic E-state index is 0.00858. The topological polar surface area (TPSA) is 96.0 Å². The van der Waals surface area contributed by atoms with E-state index in [1.807, 2.05) is 6.92 Å². The molecule has 3 aromatic carbocycles. The summed E-state index contributed by atoms with van der Waals surface area (Å²) in [7, 11) is -1.15. The number of carbonyl (C=O) groups is 2. The number of likely N-dealkylation sites (N-methyl/N-ethyl adjacent to an activating group) is 1. The second-order valence-electron chi connectivity index (χ2n) is 8.71. The number of carbonyl (C=O) groups excluding carboxylic acids is 2. The van der Waals surface area contributed by atoms with E-state index in [4.69, 9.17) is 16.3 Å². The molecule has 3 aromatic rings. The van der Waals surface area contributed by atoms with Crippen molar-refractivity contribution in [2.75, 3.05) is 25.0 Å². The zero-order valence-electron chi connectivity index (χ0n) is 21.8. The zero-order valence-corrected chi connectivity index (χ0v) is 23.4. The molecule has 10 heteroatoms. The van der Waals surface area contributed by atoms with Crippen LogP contribution < -0.4 is 14.4 Å². The molecule has 0 aromatic heterocycles. The van der Waals surface area contributed by atoms with Gasteiger partial charge in [-0.25, -0.2) is 8.42 Å². The van der Waals surface area contributed by atoms with E-state index in [1.165, 1.54) is 31.2 Å². The van der Waals surface area contributed by atoms with Crippen LogP contribution >= 0.6 is 11.6 Å². The Balaban J connectivity index is 2.04. The maximum absolute atomic E-state index is 13.9. The fraction of sp³-hybridized carbons (Fsp3) is 0.286. The first kappa shape index (κ1) is 29.0. The molecule has 202 valence electrons. The molecule has 8 nitrogen and oxygen atoms in total. The van der Waals surface area contributed by atoms with Crippen LogP contribution in [0.15, 0.2) is 77.7 Å². The van der Waals surface area contributed by atoms with Gasteiger partial charge in [0.05, 0.1) is 17.7 Å². The number of benzene rings is 3. The van der Waals surface area contributed by atoms with Crippen molar-refractivity contribution >= 4 is 39.1 Å². The number of amides is 2. The maximum Gasteiger partial charge on any atom is 0.264 e. The van der Waals surface area contributed by atoms with Gasteiger partial charge < -0.3 is 15.0 Å². The number of anilines is 1. The van der Waals surface area contributed by atoms with Gasteiger partial charge in [0.2, 0.25) is 11.8 Å². The van der Waals surface area contributed by atoms with E-state index in [-0.39, 0.29) is 17.3 Å². The fourth-order valence-corrected chi connectivity index (χ4v) is 5.53. The molecule has 0 aliphatic rings. The van der Waals surface area contributed by atoms with Crippen LogP contribution in [-0.2, 0) is 26.2 Å². The lowest BCUT2D eigenvalue weighted by Gasteiger charge is -2.33. The molecule has 1 atom stereocenters. The van der Waals surface area contributed by atoms with Gasteiger partial charge in [-0.3, -0.25) is 13.9 Å². The summed E-state index contributed by atoms with van der Waals surface area (Å²) in [6, 6.07) is 19.0. The van der Waals surface area contributed by atoms with Gasteiger partial charge in [-0.1, -0.05) is 48.4 Å². The van der Waals surface area contributed by atoms with Gasteiger partial charge >= 0.3 is 0 Å². The first-order chi connectivity index (χ1) is 18.1. The Hall–Kier alpha value is -3.56. The predicted octanol–water partition coefficient (Wildman–Crippen LogP) is 4.41. The second kappa shape index (κ2) is 12.8. The summed E-state index contributed by atoms with van der Waals surface area (Å²) in [5.74, 6) is -0.352. The number of halogens is 1. The normalized spacial score (nSPS) is 11.9. The number of nitrogens with one attached hydrogen (secondary N) is 1. The van der Waals surface area contributed by atoms with E-state index < -0.39 is 28.5 Å². The molecule has 0 spiro atoms. The highest BCUT2D eigenvalue weighted by atomic mass is 35.5. The maximum atomic E-state index is 13.9. The van der Waals surface area contributed by atoms with Crippen molar-refractivity contribution in [2.45, 2.75) is 37.8 Å². The molecule has 1 unspecified atom stereocenters. The van der Waals surface area contributed by atoms with Gasteiger partial charge in [0.15, 0.2) is 0 Å². The molecule has 0 aliphatic heterocycles. The number of sulfonamides is 1. The summed E-state index contributed by atoms with van der Waals surface area (Å²) < 4.78 is 33.9. The lowest BCUT2D eigenvalue weighted by atomic mass is 10.1. The molecular formula is C28H32ClN3O5S. The van der Waals surface area contributed by atoms with E-state index in [1.54, 1.807) is 67.6 Å². The molecule has 0 radical (unpaired) electrons. The minimum atomic E-state index is -4.14. The Labute approximate surface area is 229 Å².